The number of ether oxygens (including phenoxy) is 3. The predicted octanol–water partition coefficient (Wildman–Crippen LogP) is 2.56. The van der Waals surface area contributed by atoms with Crippen LogP contribution in [0.4, 0.5) is 0 Å². The summed E-state index contributed by atoms with van der Waals surface area (Å²) in [6.45, 7) is 4.02. The van der Waals surface area contributed by atoms with Gasteiger partial charge in [-0.3, -0.25) is 4.79 Å². The first-order chi connectivity index (χ1) is 11.6. The van der Waals surface area contributed by atoms with E-state index in [0.717, 1.165) is 22.4 Å². The lowest BCUT2D eigenvalue weighted by Gasteiger charge is -2.10. The summed E-state index contributed by atoms with van der Waals surface area (Å²) in [4.78, 5) is 11.8. The zero-order valence-electron chi connectivity index (χ0n) is 13.5. The van der Waals surface area contributed by atoms with Crippen LogP contribution in [0.5, 0.6) is 17.2 Å². The van der Waals surface area contributed by atoms with Crippen molar-refractivity contribution >= 4 is 12.1 Å². The number of para-hydroxylation sites is 1. The molecule has 6 nitrogen and oxygen atoms in total. The smallest absolute Gasteiger partial charge is 0.277 e. The van der Waals surface area contributed by atoms with Crippen molar-refractivity contribution in [2.45, 2.75) is 13.8 Å². The molecule has 1 amide bonds. The Labute approximate surface area is 140 Å². The molecular formula is C18H18N2O4. The van der Waals surface area contributed by atoms with Gasteiger partial charge in [-0.25, -0.2) is 5.43 Å². The molecule has 2 aromatic rings. The molecule has 0 unspecified atom stereocenters. The van der Waals surface area contributed by atoms with E-state index in [0.29, 0.717) is 11.5 Å². The number of rotatable bonds is 5. The number of nitrogens with one attached hydrogen (secondary N) is 1. The Bertz CT molecular complexity index is 766. The molecule has 0 saturated carbocycles. The van der Waals surface area contributed by atoms with Gasteiger partial charge in [0.2, 0.25) is 6.79 Å². The highest BCUT2D eigenvalue weighted by atomic mass is 16.7. The standard InChI is InChI=1S/C18H18N2O4/c1-12-4-3-5-13(2)18(12)22-10-17(21)20-19-9-14-6-7-15-16(8-14)24-11-23-15/h3-9H,10-11H2,1-2H3,(H,20,21). The van der Waals surface area contributed by atoms with Crippen LogP contribution in [0.15, 0.2) is 41.5 Å². The molecule has 3 rings (SSSR count). The lowest BCUT2D eigenvalue weighted by molar-refractivity contribution is -0.123. The molecule has 0 atom stereocenters. The van der Waals surface area contributed by atoms with E-state index in [1.807, 2.05) is 38.1 Å². The van der Waals surface area contributed by atoms with Gasteiger partial charge in [0.15, 0.2) is 18.1 Å². The third-order valence-corrected chi connectivity index (χ3v) is 3.56. The third kappa shape index (κ3) is 3.65. The van der Waals surface area contributed by atoms with Crippen LogP contribution >= 0.6 is 0 Å². The lowest BCUT2D eigenvalue weighted by Crippen LogP contribution is -2.25. The van der Waals surface area contributed by atoms with Gasteiger partial charge in [0.1, 0.15) is 5.75 Å². The second-order valence-corrected chi connectivity index (χ2v) is 5.42. The van der Waals surface area contributed by atoms with Crippen molar-refractivity contribution in [1.29, 1.82) is 0 Å². The zero-order valence-corrected chi connectivity index (χ0v) is 13.5. The molecule has 1 aliphatic heterocycles. The molecule has 1 N–H and O–H groups in total. The van der Waals surface area contributed by atoms with Gasteiger partial charge in [-0.2, -0.15) is 5.10 Å². The minimum absolute atomic E-state index is 0.0931. The highest BCUT2D eigenvalue weighted by molar-refractivity contribution is 5.83. The van der Waals surface area contributed by atoms with Crippen LogP contribution in [0.1, 0.15) is 16.7 Å². The van der Waals surface area contributed by atoms with Crippen molar-refractivity contribution < 1.29 is 19.0 Å². The first kappa shape index (κ1) is 15.9. The van der Waals surface area contributed by atoms with E-state index >= 15 is 0 Å². The zero-order chi connectivity index (χ0) is 16.9. The Morgan fingerprint density at radius 1 is 1.21 bits per heavy atom. The maximum atomic E-state index is 11.8. The Hall–Kier alpha value is -3.02. The number of hydrogen-bond acceptors (Lipinski definition) is 5. The van der Waals surface area contributed by atoms with Crippen LogP contribution in [-0.4, -0.2) is 25.5 Å². The molecular weight excluding hydrogens is 308 g/mol. The molecule has 1 aliphatic rings. The number of benzene rings is 2. The van der Waals surface area contributed by atoms with Crippen LogP contribution in [-0.2, 0) is 4.79 Å². The molecule has 24 heavy (non-hydrogen) atoms. The molecule has 2 aromatic carbocycles. The molecule has 0 aromatic heterocycles. The number of fused-ring (bicyclic) bond motifs is 1. The molecule has 0 fully saturated rings. The van der Waals surface area contributed by atoms with Crippen molar-refractivity contribution in [2.24, 2.45) is 5.10 Å². The van der Waals surface area contributed by atoms with E-state index in [1.165, 1.54) is 0 Å². The summed E-state index contributed by atoms with van der Waals surface area (Å²) < 4.78 is 16.1. The van der Waals surface area contributed by atoms with Gasteiger partial charge in [-0.05, 0) is 48.7 Å². The van der Waals surface area contributed by atoms with Crippen molar-refractivity contribution in [2.75, 3.05) is 13.4 Å². The summed E-state index contributed by atoms with van der Waals surface area (Å²) in [5.74, 6) is 1.78. The Kier molecular flexibility index (Phi) is 4.65. The van der Waals surface area contributed by atoms with Crippen LogP contribution in [0.25, 0.3) is 0 Å². The number of nitrogens with zero attached hydrogens (tertiary/aromatic N) is 1. The lowest BCUT2D eigenvalue weighted by atomic mass is 10.1. The number of hydrogen-bond donors (Lipinski definition) is 1. The average molecular weight is 326 g/mol. The Morgan fingerprint density at radius 2 is 1.96 bits per heavy atom. The molecule has 6 heteroatoms. The van der Waals surface area contributed by atoms with E-state index < -0.39 is 0 Å². The third-order valence-electron chi connectivity index (χ3n) is 3.56. The van der Waals surface area contributed by atoms with Crippen molar-refractivity contribution in [1.82, 2.24) is 5.43 Å². The van der Waals surface area contributed by atoms with Crippen LogP contribution < -0.4 is 19.6 Å². The van der Waals surface area contributed by atoms with Crippen molar-refractivity contribution in [3.63, 3.8) is 0 Å². The van der Waals surface area contributed by atoms with E-state index in [4.69, 9.17) is 14.2 Å². The van der Waals surface area contributed by atoms with Gasteiger partial charge < -0.3 is 14.2 Å². The minimum atomic E-state index is -0.324. The summed E-state index contributed by atoms with van der Waals surface area (Å²) in [5.41, 5.74) is 5.23. The molecule has 0 radical (unpaired) electrons. The van der Waals surface area contributed by atoms with Gasteiger partial charge in [-0.1, -0.05) is 18.2 Å². The number of carbonyl (C=O) groups is 1. The highest BCUT2D eigenvalue weighted by Crippen LogP contribution is 2.31. The predicted molar refractivity (Wildman–Crippen MR) is 89.7 cm³/mol. The normalized spacial score (nSPS) is 12.4. The fraction of sp³-hybridized carbons (Fsp3) is 0.222. The van der Waals surface area contributed by atoms with E-state index in [9.17, 15) is 4.79 Å². The maximum absolute atomic E-state index is 11.8. The van der Waals surface area contributed by atoms with Crippen molar-refractivity contribution in [3.8, 4) is 17.2 Å². The first-order valence-corrected chi connectivity index (χ1v) is 7.54. The van der Waals surface area contributed by atoms with Gasteiger partial charge >= 0.3 is 0 Å². The maximum Gasteiger partial charge on any atom is 0.277 e. The van der Waals surface area contributed by atoms with Gasteiger partial charge in [-0.15, -0.1) is 0 Å². The van der Waals surface area contributed by atoms with Gasteiger partial charge in [0, 0.05) is 0 Å². The highest BCUT2D eigenvalue weighted by Gasteiger charge is 2.12. The van der Waals surface area contributed by atoms with Gasteiger partial charge in [0.05, 0.1) is 6.21 Å². The number of hydrazone groups is 1. The summed E-state index contributed by atoms with van der Waals surface area (Å²) in [5, 5.41) is 3.92. The van der Waals surface area contributed by atoms with Crippen LogP contribution in [0.2, 0.25) is 0 Å². The molecule has 1 heterocycles. The van der Waals surface area contributed by atoms with Crippen molar-refractivity contribution in [3.05, 3.63) is 53.1 Å². The Balaban J connectivity index is 1.52. The minimum Gasteiger partial charge on any atom is -0.483 e. The fourth-order valence-electron chi connectivity index (χ4n) is 2.37. The Morgan fingerprint density at radius 3 is 2.75 bits per heavy atom. The molecule has 0 aliphatic carbocycles. The summed E-state index contributed by atoms with van der Waals surface area (Å²) in [6, 6.07) is 11.3. The van der Waals surface area contributed by atoms with Crippen LogP contribution in [0.3, 0.4) is 0 Å². The van der Waals surface area contributed by atoms with E-state index in [-0.39, 0.29) is 19.3 Å². The average Bonchev–Trinajstić information content (AvgIpc) is 3.02. The summed E-state index contributed by atoms with van der Waals surface area (Å²) in [7, 11) is 0. The molecule has 124 valence electrons. The second-order valence-electron chi connectivity index (χ2n) is 5.42. The first-order valence-electron chi connectivity index (χ1n) is 7.54. The largest absolute Gasteiger partial charge is 0.483 e. The molecule has 0 saturated heterocycles. The van der Waals surface area contributed by atoms with Gasteiger partial charge in [0.25, 0.3) is 5.91 Å². The summed E-state index contributed by atoms with van der Waals surface area (Å²) in [6.07, 6.45) is 1.54. The summed E-state index contributed by atoms with van der Waals surface area (Å²) >= 11 is 0. The number of amides is 1. The molecule has 0 spiro atoms. The SMILES string of the molecule is Cc1cccc(C)c1OCC(=O)NN=Cc1ccc2c(c1)OCO2. The fourth-order valence-corrected chi connectivity index (χ4v) is 2.37. The topological polar surface area (TPSA) is 69.2 Å². The van der Waals surface area contributed by atoms with E-state index in [1.54, 1.807) is 18.3 Å². The van der Waals surface area contributed by atoms with Crippen LogP contribution in [0, 0.1) is 13.8 Å². The second kappa shape index (κ2) is 7.04. The monoisotopic (exact) mass is 326 g/mol. The quantitative estimate of drug-likeness (QED) is 0.677. The number of carbonyl (C=O) groups excluding carboxylic acids is 1. The number of aryl methyl sites for hydroxylation is 2. The van der Waals surface area contributed by atoms with E-state index in [2.05, 4.69) is 10.5 Å². The molecule has 0 bridgehead atoms.